The topological polar surface area (TPSA) is 55.2 Å². The summed E-state index contributed by atoms with van der Waals surface area (Å²) in [6, 6.07) is 17.6. The summed E-state index contributed by atoms with van der Waals surface area (Å²) >= 11 is 0. The Hall–Kier alpha value is -2.95. The highest BCUT2D eigenvalue weighted by molar-refractivity contribution is 6.05. The molecule has 0 atom stereocenters. The normalized spacial score (nSPS) is 13.8. The molecule has 1 fully saturated rings. The SMILES string of the molecule is CC(C)Cn1nc(C(=O)N(Cc2ccccc2)C2CC2)c2ccccc2c1=O. The number of fused-ring (bicyclic) bond motifs is 1. The predicted molar refractivity (Wildman–Crippen MR) is 110 cm³/mol. The van der Waals surface area contributed by atoms with E-state index in [1.165, 1.54) is 4.68 Å². The quantitative estimate of drug-likeness (QED) is 0.657. The first-order valence-corrected chi connectivity index (χ1v) is 9.89. The highest BCUT2D eigenvalue weighted by Crippen LogP contribution is 2.30. The molecule has 0 N–H and O–H groups in total. The van der Waals surface area contributed by atoms with Crippen LogP contribution in [-0.4, -0.2) is 26.6 Å². The molecule has 0 aliphatic heterocycles. The molecule has 5 heteroatoms. The molecule has 144 valence electrons. The smallest absolute Gasteiger partial charge is 0.275 e. The third-order valence-electron chi connectivity index (χ3n) is 5.05. The van der Waals surface area contributed by atoms with Gasteiger partial charge in [-0.25, -0.2) is 4.68 Å². The van der Waals surface area contributed by atoms with Crippen LogP contribution in [-0.2, 0) is 13.1 Å². The van der Waals surface area contributed by atoms with Gasteiger partial charge in [0.1, 0.15) is 0 Å². The van der Waals surface area contributed by atoms with Gasteiger partial charge >= 0.3 is 0 Å². The van der Waals surface area contributed by atoms with Crippen LogP contribution in [0.4, 0.5) is 0 Å². The molecule has 1 aliphatic carbocycles. The Morgan fingerprint density at radius 3 is 2.36 bits per heavy atom. The van der Waals surface area contributed by atoms with Crippen molar-refractivity contribution in [1.29, 1.82) is 0 Å². The monoisotopic (exact) mass is 375 g/mol. The maximum absolute atomic E-state index is 13.5. The second kappa shape index (κ2) is 7.58. The van der Waals surface area contributed by atoms with Crippen LogP contribution < -0.4 is 5.56 Å². The third kappa shape index (κ3) is 3.70. The molecule has 2 aromatic carbocycles. The molecule has 28 heavy (non-hydrogen) atoms. The van der Waals surface area contributed by atoms with Gasteiger partial charge in [-0.15, -0.1) is 0 Å². The van der Waals surface area contributed by atoms with Crippen LogP contribution in [0.15, 0.2) is 59.4 Å². The number of amides is 1. The number of aromatic nitrogens is 2. The van der Waals surface area contributed by atoms with E-state index in [0.717, 1.165) is 18.4 Å². The van der Waals surface area contributed by atoms with Crippen molar-refractivity contribution in [3.05, 3.63) is 76.2 Å². The lowest BCUT2D eigenvalue weighted by atomic mass is 10.1. The van der Waals surface area contributed by atoms with Crippen molar-refractivity contribution in [2.75, 3.05) is 0 Å². The van der Waals surface area contributed by atoms with Crippen LogP contribution in [0.2, 0.25) is 0 Å². The predicted octanol–water partition coefficient (Wildman–Crippen LogP) is 3.86. The molecule has 0 spiro atoms. The fourth-order valence-electron chi connectivity index (χ4n) is 3.53. The molecule has 1 aromatic heterocycles. The summed E-state index contributed by atoms with van der Waals surface area (Å²) < 4.78 is 1.45. The van der Waals surface area contributed by atoms with E-state index in [1.807, 2.05) is 67.3 Å². The average molecular weight is 375 g/mol. The fraction of sp³-hybridized carbons (Fsp3) is 0.348. The largest absolute Gasteiger partial charge is 0.330 e. The van der Waals surface area contributed by atoms with E-state index in [1.54, 1.807) is 6.07 Å². The minimum absolute atomic E-state index is 0.0972. The van der Waals surface area contributed by atoms with Crippen LogP contribution in [0.5, 0.6) is 0 Å². The molecule has 1 amide bonds. The second-order valence-corrected chi connectivity index (χ2v) is 7.93. The van der Waals surface area contributed by atoms with Gasteiger partial charge in [-0.05, 0) is 30.4 Å². The summed E-state index contributed by atoms with van der Waals surface area (Å²) in [5.41, 5.74) is 1.34. The molecule has 1 aliphatic rings. The molecule has 5 nitrogen and oxygen atoms in total. The molecule has 0 saturated heterocycles. The molecule has 1 heterocycles. The molecular formula is C23H25N3O2. The Balaban J connectivity index is 1.78. The lowest BCUT2D eigenvalue weighted by molar-refractivity contribution is 0.0723. The first-order chi connectivity index (χ1) is 13.5. The molecule has 0 bridgehead atoms. The number of carbonyl (C=O) groups excluding carboxylic acids is 1. The van der Waals surface area contributed by atoms with Crippen LogP contribution >= 0.6 is 0 Å². The van der Waals surface area contributed by atoms with E-state index in [2.05, 4.69) is 5.10 Å². The molecule has 3 aromatic rings. The zero-order valence-corrected chi connectivity index (χ0v) is 16.3. The molecular weight excluding hydrogens is 350 g/mol. The van der Waals surface area contributed by atoms with E-state index in [0.29, 0.717) is 29.6 Å². The van der Waals surface area contributed by atoms with Crippen molar-refractivity contribution in [3.63, 3.8) is 0 Å². The van der Waals surface area contributed by atoms with Crippen molar-refractivity contribution in [2.45, 2.75) is 45.8 Å². The fourth-order valence-corrected chi connectivity index (χ4v) is 3.53. The number of hydrogen-bond acceptors (Lipinski definition) is 3. The van der Waals surface area contributed by atoms with E-state index in [9.17, 15) is 9.59 Å². The highest BCUT2D eigenvalue weighted by atomic mass is 16.2. The maximum atomic E-state index is 13.5. The van der Waals surface area contributed by atoms with Gasteiger partial charge in [-0.3, -0.25) is 9.59 Å². The third-order valence-corrected chi connectivity index (χ3v) is 5.05. The van der Waals surface area contributed by atoms with Gasteiger partial charge in [-0.1, -0.05) is 62.4 Å². The Morgan fingerprint density at radius 2 is 1.71 bits per heavy atom. The zero-order valence-electron chi connectivity index (χ0n) is 16.3. The van der Waals surface area contributed by atoms with Crippen molar-refractivity contribution < 1.29 is 4.79 Å². The van der Waals surface area contributed by atoms with Crippen molar-refractivity contribution in [2.24, 2.45) is 5.92 Å². The summed E-state index contributed by atoms with van der Waals surface area (Å²) in [7, 11) is 0. The number of nitrogens with zero attached hydrogens (tertiary/aromatic N) is 3. The van der Waals surface area contributed by atoms with Gasteiger partial charge in [0.25, 0.3) is 11.5 Å². The van der Waals surface area contributed by atoms with E-state index in [-0.39, 0.29) is 23.4 Å². The van der Waals surface area contributed by atoms with Gasteiger partial charge in [0.15, 0.2) is 5.69 Å². The minimum atomic E-state index is -0.137. The summed E-state index contributed by atoms with van der Waals surface area (Å²) in [5, 5.41) is 5.71. The minimum Gasteiger partial charge on any atom is -0.330 e. The molecule has 0 unspecified atom stereocenters. The first-order valence-electron chi connectivity index (χ1n) is 9.89. The van der Waals surface area contributed by atoms with Crippen molar-refractivity contribution >= 4 is 16.7 Å². The molecule has 0 radical (unpaired) electrons. The van der Waals surface area contributed by atoms with E-state index >= 15 is 0 Å². The Kier molecular flexibility index (Phi) is 4.99. The summed E-state index contributed by atoms with van der Waals surface area (Å²) in [5.74, 6) is 0.165. The van der Waals surface area contributed by atoms with Crippen LogP contribution in [0.3, 0.4) is 0 Å². The summed E-state index contributed by atoms with van der Waals surface area (Å²) in [6.45, 7) is 5.13. The summed E-state index contributed by atoms with van der Waals surface area (Å²) in [4.78, 5) is 28.3. The average Bonchev–Trinajstić information content (AvgIpc) is 3.53. The Morgan fingerprint density at radius 1 is 1.07 bits per heavy atom. The number of carbonyl (C=O) groups is 1. The number of hydrogen-bond donors (Lipinski definition) is 0. The van der Waals surface area contributed by atoms with E-state index in [4.69, 9.17) is 0 Å². The van der Waals surface area contributed by atoms with Crippen LogP contribution in [0.25, 0.3) is 10.8 Å². The second-order valence-electron chi connectivity index (χ2n) is 7.93. The van der Waals surface area contributed by atoms with Crippen molar-refractivity contribution in [3.8, 4) is 0 Å². The van der Waals surface area contributed by atoms with Gasteiger partial charge < -0.3 is 4.90 Å². The van der Waals surface area contributed by atoms with Gasteiger partial charge in [0, 0.05) is 24.5 Å². The Labute approximate surface area is 164 Å². The standard InChI is InChI=1S/C23H25N3O2/c1-16(2)14-26-22(27)20-11-7-6-10-19(20)21(24-26)23(28)25(18-12-13-18)15-17-8-4-3-5-9-17/h3-11,16,18H,12-15H2,1-2H3. The van der Waals surface area contributed by atoms with Gasteiger partial charge in [-0.2, -0.15) is 5.10 Å². The number of rotatable bonds is 6. The van der Waals surface area contributed by atoms with Gasteiger partial charge in [0.2, 0.25) is 0 Å². The maximum Gasteiger partial charge on any atom is 0.275 e. The molecule has 4 rings (SSSR count). The summed E-state index contributed by atoms with van der Waals surface area (Å²) in [6.07, 6.45) is 2.03. The zero-order chi connectivity index (χ0) is 19.7. The van der Waals surface area contributed by atoms with Gasteiger partial charge in [0.05, 0.1) is 5.39 Å². The lowest BCUT2D eigenvalue weighted by Crippen LogP contribution is -2.36. The van der Waals surface area contributed by atoms with Crippen molar-refractivity contribution in [1.82, 2.24) is 14.7 Å². The Bertz CT molecular complexity index is 1050. The van der Waals surface area contributed by atoms with Crippen LogP contribution in [0, 0.1) is 5.92 Å². The lowest BCUT2D eigenvalue weighted by Gasteiger charge is -2.23. The van der Waals surface area contributed by atoms with Crippen LogP contribution in [0.1, 0.15) is 42.7 Å². The first kappa shape index (κ1) is 18.4. The van der Waals surface area contributed by atoms with E-state index < -0.39 is 0 Å². The highest BCUT2D eigenvalue weighted by Gasteiger charge is 2.34. The number of benzene rings is 2. The molecule has 1 saturated carbocycles.